The molecule has 0 bridgehead atoms. The van der Waals surface area contributed by atoms with Crippen LogP contribution >= 0.6 is 23.1 Å². The molecule has 0 spiro atoms. The molecule has 0 saturated heterocycles. The van der Waals surface area contributed by atoms with Crippen molar-refractivity contribution in [3.05, 3.63) is 5.01 Å². The van der Waals surface area contributed by atoms with Gasteiger partial charge < -0.3 is 10.1 Å². The second-order valence-electron chi connectivity index (χ2n) is 2.91. The second-order valence-corrected chi connectivity index (χ2v) is 5.08. The summed E-state index contributed by atoms with van der Waals surface area (Å²) in [5.74, 6) is 1.38. The Hall–Kier alpha value is -0.820. The maximum Gasteiger partial charge on any atom is 0.306 e. The van der Waals surface area contributed by atoms with Crippen LogP contribution in [0.2, 0.25) is 0 Å². The van der Waals surface area contributed by atoms with Gasteiger partial charge in [0.2, 0.25) is 5.13 Å². The molecule has 1 heterocycles. The highest BCUT2D eigenvalue weighted by Crippen LogP contribution is 2.20. The van der Waals surface area contributed by atoms with Gasteiger partial charge in [0.15, 0.2) is 0 Å². The summed E-state index contributed by atoms with van der Waals surface area (Å²) < 4.78 is 4.55. The number of ether oxygens (including phenoxy) is 1. The summed E-state index contributed by atoms with van der Waals surface area (Å²) in [7, 11) is 1.40. The van der Waals surface area contributed by atoms with Crippen molar-refractivity contribution in [2.24, 2.45) is 0 Å². The first-order valence-electron chi connectivity index (χ1n) is 4.97. The van der Waals surface area contributed by atoms with E-state index in [1.807, 2.05) is 6.92 Å². The number of carbonyl (C=O) groups excluding carboxylic acids is 1. The lowest BCUT2D eigenvalue weighted by Crippen LogP contribution is -2.01. The SMILES string of the molecule is CCNc1nnc(CSCCC(=O)OC)s1. The van der Waals surface area contributed by atoms with E-state index in [4.69, 9.17) is 0 Å². The molecule has 7 heteroatoms. The van der Waals surface area contributed by atoms with Crippen LogP contribution in [0.15, 0.2) is 0 Å². The van der Waals surface area contributed by atoms with E-state index in [1.165, 1.54) is 7.11 Å². The quantitative estimate of drug-likeness (QED) is 0.596. The normalized spacial score (nSPS) is 10.1. The third-order valence-corrected chi connectivity index (χ3v) is 3.73. The predicted octanol–water partition coefficient (Wildman–Crippen LogP) is 1.77. The summed E-state index contributed by atoms with van der Waals surface area (Å²) >= 11 is 3.21. The Bertz CT molecular complexity index is 330. The molecule has 1 rings (SSSR count). The van der Waals surface area contributed by atoms with Crippen LogP contribution in [0, 0.1) is 0 Å². The third-order valence-electron chi connectivity index (χ3n) is 1.70. The molecule has 90 valence electrons. The Balaban J connectivity index is 2.19. The van der Waals surface area contributed by atoms with Crippen molar-refractivity contribution in [3.8, 4) is 0 Å². The van der Waals surface area contributed by atoms with E-state index in [0.29, 0.717) is 6.42 Å². The van der Waals surface area contributed by atoms with Gasteiger partial charge in [-0.05, 0) is 6.92 Å². The summed E-state index contributed by atoms with van der Waals surface area (Å²) in [6.45, 7) is 2.87. The Labute approximate surface area is 103 Å². The second kappa shape index (κ2) is 7.45. The van der Waals surface area contributed by atoms with Gasteiger partial charge in [-0.25, -0.2) is 0 Å². The number of carbonyl (C=O) groups is 1. The average molecular weight is 261 g/mol. The zero-order valence-electron chi connectivity index (χ0n) is 9.36. The minimum Gasteiger partial charge on any atom is -0.469 e. The first-order valence-corrected chi connectivity index (χ1v) is 6.94. The predicted molar refractivity (Wildman–Crippen MR) is 66.9 cm³/mol. The molecule has 1 aromatic rings. The maximum absolute atomic E-state index is 10.8. The standard InChI is InChI=1S/C9H15N3O2S2/c1-3-10-9-12-11-7(16-9)6-15-5-4-8(13)14-2/h3-6H2,1-2H3,(H,10,12). The van der Waals surface area contributed by atoms with Crippen molar-refractivity contribution in [2.45, 2.75) is 19.1 Å². The van der Waals surface area contributed by atoms with Gasteiger partial charge in [0, 0.05) is 18.1 Å². The molecule has 0 unspecified atom stereocenters. The van der Waals surface area contributed by atoms with Gasteiger partial charge in [-0.3, -0.25) is 4.79 Å². The lowest BCUT2D eigenvalue weighted by Gasteiger charge is -1.97. The minimum absolute atomic E-state index is 0.168. The van der Waals surface area contributed by atoms with Gasteiger partial charge in [-0.1, -0.05) is 11.3 Å². The molecule has 1 N–H and O–H groups in total. The van der Waals surface area contributed by atoms with Crippen LogP contribution in [0.1, 0.15) is 18.4 Å². The average Bonchev–Trinajstić information content (AvgIpc) is 2.72. The Morgan fingerprint density at radius 1 is 1.56 bits per heavy atom. The van der Waals surface area contributed by atoms with Crippen LogP contribution in [0.3, 0.4) is 0 Å². The van der Waals surface area contributed by atoms with Crippen molar-refractivity contribution in [2.75, 3.05) is 24.7 Å². The molecule has 5 nitrogen and oxygen atoms in total. The van der Waals surface area contributed by atoms with Gasteiger partial charge in [0.25, 0.3) is 0 Å². The molecule has 1 aromatic heterocycles. The van der Waals surface area contributed by atoms with Crippen molar-refractivity contribution in [1.29, 1.82) is 0 Å². The van der Waals surface area contributed by atoms with E-state index in [0.717, 1.165) is 28.2 Å². The molecule has 0 atom stereocenters. The Morgan fingerprint density at radius 3 is 3.06 bits per heavy atom. The fourth-order valence-electron chi connectivity index (χ4n) is 0.952. The number of methoxy groups -OCH3 is 1. The summed E-state index contributed by atoms with van der Waals surface area (Å²) in [5, 5.41) is 13.0. The summed E-state index contributed by atoms with van der Waals surface area (Å²) in [6, 6.07) is 0. The van der Waals surface area contributed by atoms with Crippen molar-refractivity contribution >= 4 is 34.2 Å². The smallest absolute Gasteiger partial charge is 0.306 e. The lowest BCUT2D eigenvalue weighted by molar-refractivity contribution is -0.140. The van der Waals surface area contributed by atoms with Crippen molar-refractivity contribution < 1.29 is 9.53 Å². The van der Waals surface area contributed by atoms with Crippen LogP contribution in [-0.2, 0) is 15.3 Å². The highest BCUT2D eigenvalue weighted by molar-refractivity contribution is 7.98. The number of esters is 1. The van der Waals surface area contributed by atoms with E-state index in [1.54, 1.807) is 23.1 Å². The first-order chi connectivity index (χ1) is 7.76. The van der Waals surface area contributed by atoms with Crippen LogP contribution in [0.25, 0.3) is 0 Å². The molecule has 16 heavy (non-hydrogen) atoms. The highest BCUT2D eigenvalue weighted by atomic mass is 32.2. The van der Waals surface area contributed by atoms with E-state index in [-0.39, 0.29) is 5.97 Å². The number of anilines is 1. The molecule has 0 aromatic carbocycles. The van der Waals surface area contributed by atoms with Gasteiger partial charge in [0.1, 0.15) is 5.01 Å². The third kappa shape index (κ3) is 4.80. The van der Waals surface area contributed by atoms with Crippen molar-refractivity contribution in [1.82, 2.24) is 10.2 Å². The molecular weight excluding hydrogens is 246 g/mol. The molecule has 0 amide bonds. The highest BCUT2D eigenvalue weighted by Gasteiger charge is 2.04. The Morgan fingerprint density at radius 2 is 2.38 bits per heavy atom. The fourth-order valence-corrected chi connectivity index (χ4v) is 2.73. The topological polar surface area (TPSA) is 64.1 Å². The van der Waals surface area contributed by atoms with E-state index in [9.17, 15) is 4.79 Å². The molecule has 0 aliphatic carbocycles. The summed E-state index contributed by atoms with van der Waals surface area (Å²) in [5.41, 5.74) is 0. The minimum atomic E-state index is -0.168. The molecule has 0 radical (unpaired) electrons. The van der Waals surface area contributed by atoms with Crippen molar-refractivity contribution in [3.63, 3.8) is 0 Å². The largest absolute Gasteiger partial charge is 0.469 e. The number of nitrogens with one attached hydrogen (secondary N) is 1. The van der Waals surface area contributed by atoms with E-state index in [2.05, 4.69) is 20.3 Å². The first kappa shape index (κ1) is 13.2. The van der Waals surface area contributed by atoms with Gasteiger partial charge in [-0.2, -0.15) is 11.8 Å². The number of rotatable bonds is 7. The maximum atomic E-state index is 10.8. The number of hydrogen-bond acceptors (Lipinski definition) is 7. The fraction of sp³-hybridized carbons (Fsp3) is 0.667. The molecular formula is C9H15N3O2S2. The van der Waals surface area contributed by atoms with Crippen LogP contribution in [-0.4, -0.2) is 35.6 Å². The van der Waals surface area contributed by atoms with Gasteiger partial charge >= 0.3 is 5.97 Å². The summed E-state index contributed by atoms with van der Waals surface area (Å²) in [4.78, 5) is 10.8. The zero-order valence-corrected chi connectivity index (χ0v) is 11.0. The van der Waals surface area contributed by atoms with Crippen LogP contribution in [0.5, 0.6) is 0 Å². The van der Waals surface area contributed by atoms with Gasteiger partial charge in [-0.15, -0.1) is 10.2 Å². The monoisotopic (exact) mass is 261 g/mol. The Kier molecular flexibility index (Phi) is 6.17. The van der Waals surface area contributed by atoms with E-state index >= 15 is 0 Å². The number of aromatic nitrogens is 2. The molecule has 0 fully saturated rings. The molecule has 0 aliphatic rings. The number of thioether (sulfide) groups is 1. The molecule has 0 aliphatic heterocycles. The van der Waals surface area contributed by atoms with E-state index < -0.39 is 0 Å². The summed E-state index contributed by atoms with van der Waals surface area (Å²) in [6.07, 6.45) is 0.444. The number of hydrogen-bond donors (Lipinski definition) is 1. The zero-order chi connectivity index (χ0) is 11.8. The van der Waals surface area contributed by atoms with Gasteiger partial charge in [0.05, 0.1) is 13.5 Å². The molecule has 0 saturated carbocycles. The van der Waals surface area contributed by atoms with Crippen LogP contribution < -0.4 is 5.32 Å². The number of nitrogens with zero attached hydrogens (tertiary/aromatic N) is 2. The lowest BCUT2D eigenvalue weighted by atomic mass is 10.5. The van der Waals surface area contributed by atoms with Crippen LogP contribution in [0.4, 0.5) is 5.13 Å².